The van der Waals surface area contributed by atoms with Crippen molar-refractivity contribution in [1.82, 2.24) is 14.8 Å². The Morgan fingerprint density at radius 2 is 2.27 bits per heavy atom. The number of hydrogen-bond donors (Lipinski definition) is 1. The van der Waals surface area contributed by atoms with Crippen LogP contribution in [0.25, 0.3) is 5.69 Å². The van der Waals surface area contributed by atoms with Gasteiger partial charge in [-0.15, -0.1) is 0 Å². The minimum absolute atomic E-state index is 0.232. The molecule has 3 nitrogen and oxygen atoms in total. The van der Waals surface area contributed by atoms with Gasteiger partial charge >= 0.3 is 0 Å². The first-order valence-electron chi connectivity index (χ1n) is 4.19. The van der Waals surface area contributed by atoms with Crippen molar-refractivity contribution in [3.05, 3.63) is 39.6 Å². The van der Waals surface area contributed by atoms with Gasteiger partial charge in [0.05, 0.1) is 5.02 Å². The van der Waals surface area contributed by atoms with Crippen molar-refractivity contribution in [3.8, 4) is 5.69 Å². The summed E-state index contributed by atoms with van der Waals surface area (Å²) in [6.07, 6.45) is 0. The van der Waals surface area contributed by atoms with Gasteiger partial charge in [0.1, 0.15) is 17.3 Å². The summed E-state index contributed by atoms with van der Waals surface area (Å²) < 4.78 is 15.4. The lowest BCUT2D eigenvalue weighted by molar-refractivity contribution is 0.616. The smallest absolute Gasteiger partial charge is 0.200 e. The lowest BCUT2D eigenvalue weighted by atomic mass is 10.3. The summed E-state index contributed by atoms with van der Waals surface area (Å²) in [6, 6.07) is 4.48. The summed E-state index contributed by atoms with van der Waals surface area (Å²) >= 11 is 10.9. The van der Waals surface area contributed by atoms with Gasteiger partial charge in [-0.05, 0) is 31.3 Å². The largest absolute Gasteiger partial charge is 0.268 e. The quantitative estimate of drug-likeness (QED) is 0.781. The van der Waals surface area contributed by atoms with E-state index >= 15 is 0 Å². The number of halogens is 2. The van der Waals surface area contributed by atoms with Crippen molar-refractivity contribution < 1.29 is 4.39 Å². The van der Waals surface area contributed by atoms with E-state index in [1.807, 2.05) is 0 Å². The molecule has 0 unspecified atom stereocenters. The molecule has 6 heteroatoms. The molecule has 1 heterocycles. The number of aromatic amines is 1. The first-order valence-corrected chi connectivity index (χ1v) is 4.98. The summed E-state index contributed by atoms with van der Waals surface area (Å²) in [5, 5.41) is 6.78. The maximum Gasteiger partial charge on any atom is 0.200 e. The zero-order chi connectivity index (χ0) is 11.0. The van der Waals surface area contributed by atoms with Gasteiger partial charge in [-0.1, -0.05) is 17.7 Å². The lowest BCUT2D eigenvalue weighted by Crippen LogP contribution is -2.01. The molecular weight excluding hydrogens is 237 g/mol. The number of nitrogens with one attached hydrogen (secondary N) is 1. The van der Waals surface area contributed by atoms with Crippen LogP contribution in [-0.2, 0) is 0 Å². The van der Waals surface area contributed by atoms with Crippen LogP contribution in [0.4, 0.5) is 4.39 Å². The van der Waals surface area contributed by atoms with E-state index in [4.69, 9.17) is 23.8 Å². The van der Waals surface area contributed by atoms with Gasteiger partial charge in [0.15, 0.2) is 4.77 Å². The minimum Gasteiger partial charge on any atom is -0.268 e. The minimum atomic E-state index is -0.428. The molecule has 0 aliphatic heterocycles. The predicted molar refractivity (Wildman–Crippen MR) is 58.5 cm³/mol. The van der Waals surface area contributed by atoms with Crippen LogP contribution in [0.5, 0.6) is 0 Å². The van der Waals surface area contributed by atoms with Crippen molar-refractivity contribution in [2.45, 2.75) is 6.92 Å². The van der Waals surface area contributed by atoms with E-state index in [1.165, 1.54) is 10.6 Å². The third-order valence-electron chi connectivity index (χ3n) is 2.00. The van der Waals surface area contributed by atoms with Gasteiger partial charge in [0.2, 0.25) is 0 Å². The van der Waals surface area contributed by atoms with E-state index in [2.05, 4.69) is 10.2 Å². The highest BCUT2D eigenvalue weighted by Gasteiger charge is 2.12. The average molecular weight is 244 g/mol. The molecule has 15 heavy (non-hydrogen) atoms. The van der Waals surface area contributed by atoms with Gasteiger partial charge in [0.25, 0.3) is 0 Å². The molecule has 0 aliphatic rings. The second-order valence-electron chi connectivity index (χ2n) is 2.98. The number of hydrogen-bond acceptors (Lipinski definition) is 2. The number of aromatic nitrogens is 3. The Balaban J connectivity index is 2.80. The zero-order valence-electron chi connectivity index (χ0n) is 7.79. The molecule has 78 valence electrons. The second kappa shape index (κ2) is 3.75. The molecule has 2 rings (SSSR count). The summed E-state index contributed by atoms with van der Waals surface area (Å²) in [4.78, 5) is 0. The Morgan fingerprint density at radius 3 is 2.80 bits per heavy atom. The Morgan fingerprint density at radius 1 is 1.53 bits per heavy atom. The molecule has 1 aromatic carbocycles. The third-order valence-corrected chi connectivity index (χ3v) is 2.58. The normalized spacial score (nSPS) is 10.6. The number of nitrogens with zero attached hydrogens (tertiary/aromatic N) is 2. The maximum atomic E-state index is 13.6. The van der Waals surface area contributed by atoms with E-state index in [0.29, 0.717) is 15.6 Å². The van der Waals surface area contributed by atoms with Crippen LogP contribution in [0.2, 0.25) is 5.02 Å². The number of H-pyrrole nitrogens is 1. The van der Waals surface area contributed by atoms with Crippen molar-refractivity contribution in [1.29, 1.82) is 0 Å². The van der Waals surface area contributed by atoms with Crippen LogP contribution < -0.4 is 0 Å². The number of benzene rings is 1. The molecule has 2 aromatic rings. The summed E-state index contributed by atoms with van der Waals surface area (Å²) in [6.45, 7) is 1.72. The first-order chi connectivity index (χ1) is 7.11. The Hall–Kier alpha value is -1.20. The fraction of sp³-hybridized carbons (Fsp3) is 0.111. The standard InChI is InChI=1S/C9H7ClFN3S/c1-5-12-13-9(15)14(5)8-6(10)3-2-4-7(8)11/h2-4H,1H3,(H,13,15). The van der Waals surface area contributed by atoms with Gasteiger partial charge in [-0.3, -0.25) is 9.67 Å². The van der Waals surface area contributed by atoms with Crippen LogP contribution in [0.3, 0.4) is 0 Å². The van der Waals surface area contributed by atoms with Crippen molar-refractivity contribution in [2.75, 3.05) is 0 Å². The van der Waals surface area contributed by atoms with E-state index in [9.17, 15) is 4.39 Å². The molecule has 0 radical (unpaired) electrons. The topological polar surface area (TPSA) is 33.6 Å². The molecule has 0 fully saturated rings. The zero-order valence-corrected chi connectivity index (χ0v) is 9.36. The lowest BCUT2D eigenvalue weighted by Gasteiger charge is -2.07. The number of para-hydroxylation sites is 1. The van der Waals surface area contributed by atoms with Gasteiger partial charge in [0, 0.05) is 0 Å². The van der Waals surface area contributed by atoms with E-state index in [-0.39, 0.29) is 5.69 Å². The monoisotopic (exact) mass is 243 g/mol. The van der Waals surface area contributed by atoms with Crippen LogP contribution >= 0.6 is 23.8 Å². The summed E-state index contributed by atoms with van der Waals surface area (Å²) in [5.41, 5.74) is 0.232. The van der Waals surface area contributed by atoms with E-state index in [0.717, 1.165) is 0 Å². The van der Waals surface area contributed by atoms with E-state index in [1.54, 1.807) is 19.1 Å². The molecule has 0 spiro atoms. The highest BCUT2D eigenvalue weighted by Crippen LogP contribution is 2.24. The third kappa shape index (κ3) is 1.68. The van der Waals surface area contributed by atoms with Crippen molar-refractivity contribution >= 4 is 23.8 Å². The van der Waals surface area contributed by atoms with Gasteiger partial charge in [-0.2, -0.15) is 5.10 Å². The summed E-state index contributed by atoms with van der Waals surface area (Å²) in [7, 11) is 0. The van der Waals surface area contributed by atoms with E-state index < -0.39 is 5.82 Å². The fourth-order valence-electron chi connectivity index (χ4n) is 1.34. The van der Waals surface area contributed by atoms with Gasteiger partial charge < -0.3 is 0 Å². The molecule has 0 saturated heterocycles. The molecule has 0 bridgehead atoms. The Bertz CT molecular complexity index is 540. The number of aryl methyl sites for hydroxylation is 1. The molecule has 0 atom stereocenters. The number of rotatable bonds is 1. The van der Waals surface area contributed by atoms with Gasteiger partial charge in [-0.25, -0.2) is 4.39 Å². The summed E-state index contributed by atoms with van der Waals surface area (Å²) in [5.74, 6) is 0.134. The SMILES string of the molecule is Cc1n[nH]c(=S)n1-c1c(F)cccc1Cl. The molecule has 0 amide bonds. The highest BCUT2D eigenvalue weighted by molar-refractivity contribution is 7.71. The average Bonchev–Trinajstić information content (AvgIpc) is 2.49. The predicted octanol–water partition coefficient (Wildman–Crippen LogP) is 3.03. The Labute approximate surface area is 95.5 Å². The van der Waals surface area contributed by atoms with Crippen LogP contribution in [0.1, 0.15) is 5.82 Å². The molecule has 0 saturated carbocycles. The fourth-order valence-corrected chi connectivity index (χ4v) is 1.86. The molecular formula is C9H7ClFN3S. The molecule has 0 aliphatic carbocycles. The van der Waals surface area contributed by atoms with Crippen molar-refractivity contribution in [2.24, 2.45) is 0 Å². The molecule has 1 aromatic heterocycles. The van der Waals surface area contributed by atoms with Crippen LogP contribution in [0, 0.1) is 17.5 Å². The highest BCUT2D eigenvalue weighted by atomic mass is 35.5. The second-order valence-corrected chi connectivity index (χ2v) is 3.78. The Kier molecular flexibility index (Phi) is 2.58. The van der Waals surface area contributed by atoms with Crippen LogP contribution in [-0.4, -0.2) is 14.8 Å². The molecule has 1 N–H and O–H groups in total. The first kappa shape index (κ1) is 10.3. The van der Waals surface area contributed by atoms with Crippen molar-refractivity contribution in [3.63, 3.8) is 0 Å². The van der Waals surface area contributed by atoms with Crippen LogP contribution in [0.15, 0.2) is 18.2 Å². The maximum absolute atomic E-state index is 13.6.